The molecule has 2 aromatic rings. The van der Waals surface area contributed by atoms with Gasteiger partial charge < -0.3 is 10.6 Å². The van der Waals surface area contributed by atoms with Gasteiger partial charge in [-0.1, -0.05) is 18.5 Å². The molecule has 24 heavy (non-hydrogen) atoms. The fraction of sp³-hybridized carbons (Fsp3) is 0.438. The maximum absolute atomic E-state index is 11.6. The molecule has 0 unspecified atom stereocenters. The number of halogens is 1. The number of carbonyl (C=O) groups is 1. The van der Waals surface area contributed by atoms with Crippen LogP contribution in [0, 0.1) is 0 Å². The van der Waals surface area contributed by atoms with Crippen LogP contribution in [0.25, 0.3) is 0 Å². The van der Waals surface area contributed by atoms with Gasteiger partial charge in [0.1, 0.15) is 0 Å². The Bertz CT molecular complexity index is 727. The van der Waals surface area contributed by atoms with Crippen molar-refractivity contribution in [3.05, 3.63) is 38.7 Å². The molecule has 0 aliphatic carbocycles. The molecule has 1 amide bonds. The molecular weight excluding hydrogens is 346 g/mol. The Hall–Kier alpha value is -1.70. The van der Waals surface area contributed by atoms with Crippen LogP contribution < -0.4 is 10.6 Å². The molecular formula is C16H20ClN5OS. The standard InChI is InChI=1S/C16H20ClN5OS/c1-2-11-3-4-12(24-11)10-21-5-7-22(8-6-21)16-13(15(18)23)9-14(17)19-20-16/h3-4,9H,2,5-8,10H2,1H3,(H2,18,23). The Morgan fingerprint density at radius 3 is 2.58 bits per heavy atom. The number of anilines is 1. The van der Waals surface area contributed by atoms with Crippen LogP contribution >= 0.6 is 22.9 Å². The minimum absolute atomic E-state index is 0.176. The number of nitrogens with two attached hydrogens (primary N) is 1. The highest BCUT2D eigenvalue weighted by atomic mass is 35.5. The van der Waals surface area contributed by atoms with Gasteiger partial charge in [-0.3, -0.25) is 9.69 Å². The van der Waals surface area contributed by atoms with Crippen molar-refractivity contribution in [1.29, 1.82) is 0 Å². The van der Waals surface area contributed by atoms with Crippen molar-refractivity contribution in [2.75, 3.05) is 31.1 Å². The van der Waals surface area contributed by atoms with Crippen LogP contribution in [-0.2, 0) is 13.0 Å². The second-order valence-corrected chi connectivity index (χ2v) is 7.39. The number of rotatable bonds is 5. The number of primary amides is 1. The highest BCUT2D eigenvalue weighted by molar-refractivity contribution is 7.11. The largest absolute Gasteiger partial charge is 0.365 e. The Morgan fingerprint density at radius 2 is 1.96 bits per heavy atom. The van der Waals surface area contributed by atoms with E-state index >= 15 is 0 Å². The van der Waals surface area contributed by atoms with Gasteiger partial charge in [-0.2, -0.15) is 0 Å². The molecule has 6 nitrogen and oxygen atoms in total. The summed E-state index contributed by atoms with van der Waals surface area (Å²) in [6.07, 6.45) is 1.09. The van der Waals surface area contributed by atoms with Crippen LogP contribution in [0.5, 0.6) is 0 Å². The van der Waals surface area contributed by atoms with Gasteiger partial charge in [0.2, 0.25) is 0 Å². The lowest BCUT2D eigenvalue weighted by atomic mass is 10.2. The second kappa shape index (κ2) is 7.46. The van der Waals surface area contributed by atoms with E-state index < -0.39 is 5.91 Å². The molecule has 1 fully saturated rings. The summed E-state index contributed by atoms with van der Waals surface area (Å²) in [6, 6.07) is 5.90. The second-order valence-electron chi connectivity index (χ2n) is 5.75. The number of nitrogens with zero attached hydrogens (tertiary/aromatic N) is 4. The molecule has 0 bridgehead atoms. The summed E-state index contributed by atoms with van der Waals surface area (Å²) < 4.78 is 0. The molecule has 0 spiro atoms. The highest BCUT2D eigenvalue weighted by Gasteiger charge is 2.23. The van der Waals surface area contributed by atoms with Gasteiger partial charge in [-0.15, -0.1) is 21.5 Å². The van der Waals surface area contributed by atoms with Crippen LogP contribution in [0.2, 0.25) is 5.15 Å². The molecule has 0 atom stereocenters. The molecule has 0 saturated carbocycles. The molecule has 3 heterocycles. The number of hydrogen-bond acceptors (Lipinski definition) is 6. The number of piperazine rings is 1. The lowest BCUT2D eigenvalue weighted by molar-refractivity contribution is 0.1000. The number of thiophene rings is 1. The van der Waals surface area contributed by atoms with Gasteiger partial charge in [-0.05, 0) is 24.6 Å². The van der Waals surface area contributed by atoms with E-state index in [1.807, 2.05) is 16.2 Å². The normalized spacial score (nSPS) is 15.7. The predicted octanol–water partition coefficient (Wildman–Crippen LogP) is 2.17. The van der Waals surface area contributed by atoms with E-state index in [0.29, 0.717) is 11.4 Å². The zero-order valence-corrected chi connectivity index (χ0v) is 15.1. The van der Waals surface area contributed by atoms with E-state index in [-0.39, 0.29) is 5.15 Å². The van der Waals surface area contributed by atoms with Crippen LogP contribution in [0.15, 0.2) is 18.2 Å². The highest BCUT2D eigenvalue weighted by Crippen LogP contribution is 2.23. The van der Waals surface area contributed by atoms with Crippen molar-refractivity contribution >= 4 is 34.7 Å². The monoisotopic (exact) mass is 365 g/mol. The Balaban J connectivity index is 1.64. The van der Waals surface area contributed by atoms with Crippen LogP contribution in [0.1, 0.15) is 27.0 Å². The number of aryl methyl sites for hydroxylation is 1. The first-order valence-electron chi connectivity index (χ1n) is 7.94. The molecule has 1 saturated heterocycles. The van der Waals surface area contributed by atoms with E-state index in [2.05, 4.69) is 34.2 Å². The molecule has 0 radical (unpaired) electrons. The minimum Gasteiger partial charge on any atom is -0.365 e. The first-order valence-corrected chi connectivity index (χ1v) is 9.14. The Labute approximate surface area is 150 Å². The molecule has 1 aliphatic heterocycles. The van der Waals surface area contributed by atoms with Crippen molar-refractivity contribution in [3.8, 4) is 0 Å². The van der Waals surface area contributed by atoms with Gasteiger partial charge in [-0.25, -0.2) is 0 Å². The summed E-state index contributed by atoms with van der Waals surface area (Å²) in [5.74, 6) is -0.00847. The quantitative estimate of drug-likeness (QED) is 0.878. The van der Waals surface area contributed by atoms with Crippen molar-refractivity contribution in [2.45, 2.75) is 19.9 Å². The van der Waals surface area contributed by atoms with Gasteiger partial charge in [0.15, 0.2) is 11.0 Å². The van der Waals surface area contributed by atoms with Gasteiger partial charge >= 0.3 is 0 Å². The third-order valence-corrected chi connectivity index (χ3v) is 5.53. The number of hydrogen-bond donors (Lipinski definition) is 1. The Kier molecular flexibility index (Phi) is 5.33. The SMILES string of the molecule is CCc1ccc(CN2CCN(c3nnc(Cl)cc3C(N)=O)CC2)s1. The van der Waals surface area contributed by atoms with Crippen molar-refractivity contribution < 1.29 is 4.79 Å². The van der Waals surface area contributed by atoms with Crippen LogP contribution in [0.4, 0.5) is 5.82 Å². The zero-order chi connectivity index (χ0) is 17.1. The van der Waals surface area contributed by atoms with E-state index in [0.717, 1.165) is 39.1 Å². The molecule has 128 valence electrons. The first kappa shape index (κ1) is 17.1. The van der Waals surface area contributed by atoms with E-state index in [4.69, 9.17) is 17.3 Å². The zero-order valence-electron chi connectivity index (χ0n) is 13.5. The molecule has 2 N–H and O–H groups in total. The molecule has 0 aromatic carbocycles. The summed E-state index contributed by atoms with van der Waals surface area (Å²) in [5, 5.41) is 8.10. The third-order valence-electron chi connectivity index (χ3n) is 4.13. The maximum Gasteiger partial charge on any atom is 0.252 e. The van der Waals surface area contributed by atoms with Crippen molar-refractivity contribution in [3.63, 3.8) is 0 Å². The lowest BCUT2D eigenvalue weighted by Crippen LogP contribution is -2.46. The minimum atomic E-state index is -0.532. The van der Waals surface area contributed by atoms with Gasteiger partial charge in [0, 0.05) is 42.5 Å². The van der Waals surface area contributed by atoms with E-state index in [1.165, 1.54) is 15.8 Å². The van der Waals surface area contributed by atoms with Gasteiger partial charge in [0.05, 0.1) is 5.56 Å². The summed E-state index contributed by atoms with van der Waals surface area (Å²) in [7, 11) is 0. The topological polar surface area (TPSA) is 75.3 Å². The Morgan fingerprint density at radius 1 is 1.25 bits per heavy atom. The lowest BCUT2D eigenvalue weighted by Gasteiger charge is -2.35. The summed E-state index contributed by atoms with van der Waals surface area (Å²) in [6.45, 7) is 6.51. The molecule has 2 aromatic heterocycles. The summed E-state index contributed by atoms with van der Waals surface area (Å²) in [5.41, 5.74) is 5.76. The van der Waals surface area contributed by atoms with Crippen molar-refractivity contribution in [1.82, 2.24) is 15.1 Å². The smallest absolute Gasteiger partial charge is 0.252 e. The number of aromatic nitrogens is 2. The fourth-order valence-corrected chi connectivity index (χ4v) is 3.96. The number of amides is 1. The average molecular weight is 366 g/mol. The van der Waals surface area contributed by atoms with Crippen LogP contribution in [-0.4, -0.2) is 47.2 Å². The van der Waals surface area contributed by atoms with E-state index in [9.17, 15) is 4.79 Å². The van der Waals surface area contributed by atoms with E-state index in [1.54, 1.807) is 0 Å². The summed E-state index contributed by atoms with van der Waals surface area (Å²) in [4.78, 5) is 18.9. The third kappa shape index (κ3) is 3.85. The van der Waals surface area contributed by atoms with Crippen molar-refractivity contribution in [2.24, 2.45) is 5.73 Å². The first-order chi connectivity index (χ1) is 11.6. The predicted molar refractivity (Wildman–Crippen MR) is 96.7 cm³/mol. The number of carbonyl (C=O) groups excluding carboxylic acids is 1. The molecule has 3 rings (SSSR count). The average Bonchev–Trinajstić information content (AvgIpc) is 3.03. The summed E-state index contributed by atoms with van der Waals surface area (Å²) >= 11 is 7.70. The van der Waals surface area contributed by atoms with Gasteiger partial charge in [0.25, 0.3) is 5.91 Å². The molecule has 1 aliphatic rings. The van der Waals surface area contributed by atoms with Crippen LogP contribution in [0.3, 0.4) is 0 Å². The fourth-order valence-electron chi connectivity index (χ4n) is 2.81. The molecule has 8 heteroatoms. The maximum atomic E-state index is 11.6.